The summed E-state index contributed by atoms with van der Waals surface area (Å²) >= 11 is 0. The minimum absolute atomic E-state index is 0.667. The molecule has 0 saturated heterocycles. The van der Waals surface area contributed by atoms with E-state index in [4.69, 9.17) is 5.73 Å². The van der Waals surface area contributed by atoms with Gasteiger partial charge in [0.1, 0.15) is 0 Å². The highest BCUT2D eigenvalue weighted by Crippen LogP contribution is 2.01. The van der Waals surface area contributed by atoms with Crippen molar-refractivity contribution in [3.63, 3.8) is 0 Å². The zero-order valence-electron chi connectivity index (χ0n) is 7.90. The highest BCUT2D eigenvalue weighted by Gasteiger charge is 2.00. The van der Waals surface area contributed by atoms with Crippen LogP contribution in [0.25, 0.3) is 0 Å². The molecule has 3 N–H and O–H groups in total. The van der Waals surface area contributed by atoms with Crippen molar-refractivity contribution in [2.75, 3.05) is 0 Å². The van der Waals surface area contributed by atoms with Crippen LogP contribution in [-0.2, 0) is 0 Å². The first-order chi connectivity index (χ1) is 6.74. The first-order valence-electron chi connectivity index (χ1n) is 4.26. The molecule has 0 spiro atoms. The lowest BCUT2D eigenvalue weighted by Crippen LogP contribution is -2.25. The summed E-state index contributed by atoms with van der Waals surface area (Å²) in [5.41, 5.74) is 8.72. The summed E-state index contributed by atoms with van der Waals surface area (Å²) in [7, 11) is 0. The number of primary amides is 1. The van der Waals surface area contributed by atoms with Crippen LogP contribution in [-0.4, -0.2) is 16.7 Å². The molecular weight excluding hydrogens is 180 g/mol. The Hall–Kier alpha value is -1.91. The minimum Gasteiger partial charge on any atom is -0.350 e. The summed E-state index contributed by atoms with van der Waals surface area (Å²) in [5, 5.41) is 3.86. The molecule has 1 heterocycles. The molecule has 0 bridgehead atoms. The Kier molecular flexibility index (Phi) is 3.60. The smallest absolute Gasteiger partial charge is 0.332 e. The molecule has 0 atom stereocenters. The summed E-state index contributed by atoms with van der Waals surface area (Å²) in [6.07, 6.45) is 4.06. The normalized spacial score (nSPS) is 11.1. The van der Waals surface area contributed by atoms with Gasteiger partial charge in [0, 0.05) is 18.0 Å². The molecular formula is C9H12N4O. The molecule has 1 aromatic rings. The number of nitrogens with one attached hydrogen (secondary N) is 1. The Morgan fingerprint density at radius 2 is 2.50 bits per heavy atom. The molecule has 0 aliphatic carbocycles. The lowest BCUT2D eigenvalue weighted by atomic mass is 10.1. The van der Waals surface area contributed by atoms with Gasteiger partial charge >= 0.3 is 6.03 Å². The third-order valence-electron chi connectivity index (χ3n) is 1.63. The van der Waals surface area contributed by atoms with Crippen LogP contribution in [0.2, 0.25) is 0 Å². The van der Waals surface area contributed by atoms with E-state index in [0.717, 1.165) is 11.3 Å². The van der Waals surface area contributed by atoms with Crippen molar-refractivity contribution in [1.29, 1.82) is 0 Å². The molecule has 2 amide bonds. The monoisotopic (exact) mass is 192 g/mol. The number of nitrogens with zero attached hydrogens (tertiary/aromatic N) is 2. The molecule has 0 saturated carbocycles. The van der Waals surface area contributed by atoms with E-state index in [1.54, 1.807) is 12.4 Å². The maximum absolute atomic E-state index is 10.4. The standard InChI is InChI=1S/C9H12N4O/c1-2-8(12-13-9(10)14)7-4-3-5-11-6-7/h3-6H,2H2,1H3,(H3,10,13,14)/b12-8-. The van der Waals surface area contributed by atoms with Crippen molar-refractivity contribution in [1.82, 2.24) is 10.4 Å². The average Bonchev–Trinajstić information content (AvgIpc) is 2.20. The lowest BCUT2D eigenvalue weighted by Gasteiger charge is -2.02. The van der Waals surface area contributed by atoms with Crippen molar-refractivity contribution in [2.45, 2.75) is 13.3 Å². The summed E-state index contributed by atoms with van der Waals surface area (Å²) in [6.45, 7) is 1.94. The first-order valence-corrected chi connectivity index (χ1v) is 4.26. The Bertz CT molecular complexity index is 334. The van der Waals surface area contributed by atoms with Crippen LogP contribution in [0.4, 0.5) is 4.79 Å². The molecule has 0 aliphatic heterocycles. The van der Waals surface area contributed by atoms with Gasteiger partial charge in [0.25, 0.3) is 0 Å². The SMILES string of the molecule is CC/C(=N/NC(N)=O)c1cccnc1. The van der Waals surface area contributed by atoms with Crippen LogP contribution in [0.3, 0.4) is 0 Å². The highest BCUT2D eigenvalue weighted by atomic mass is 16.2. The summed E-state index contributed by atoms with van der Waals surface area (Å²) in [5.74, 6) is 0. The number of carbonyl (C=O) groups is 1. The van der Waals surface area contributed by atoms with Crippen molar-refractivity contribution in [3.8, 4) is 0 Å². The van der Waals surface area contributed by atoms with Crippen LogP contribution in [0.15, 0.2) is 29.6 Å². The van der Waals surface area contributed by atoms with Crippen LogP contribution < -0.4 is 11.2 Å². The fourth-order valence-corrected chi connectivity index (χ4v) is 1.00. The number of amides is 2. The summed E-state index contributed by atoms with van der Waals surface area (Å²) < 4.78 is 0. The third kappa shape index (κ3) is 2.85. The van der Waals surface area contributed by atoms with Gasteiger partial charge in [0.05, 0.1) is 5.71 Å². The molecule has 0 radical (unpaired) electrons. The van der Waals surface area contributed by atoms with E-state index in [9.17, 15) is 4.79 Å². The fourth-order valence-electron chi connectivity index (χ4n) is 1.00. The average molecular weight is 192 g/mol. The highest BCUT2D eigenvalue weighted by molar-refractivity contribution is 6.00. The van der Waals surface area contributed by atoms with E-state index in [1.165, 1.54) is 0 Å². The minimum atomic E-state index is -0.667. The molecule has 5 heteroatoms. The first kappa shape index (κ1) is 10.2. The van der Waals surface area contributed by atoms with Gasteiger partial charge in [-0.15, -0.1) is 0 Å². The number of hydrazone groups is 1. The van der Waals surface area contributed by atoms with E-state index in [1.807, 2.05) is 19.1 Å². The van der Waals surface area contributed by atoms with Crippen LogP contribution in [0.1, 0.15) is 18.9 Å². The van der Waals surface area contributed by atoms with Crippen LogP contribution >= 0.6 is 0 Å². The number of hydrogen-bond acceptors (Lipinski definition) is 3. The molecule has 0 aliphatic rings. The van der Waals surface area contributed by atoms with Gasteiger partial charge in [-0.2, -0.15) is 5.10 Å². The maximum Gasteiger partial charge on any atom is 0.332 e. The number of nitrogens with two attached hydrogens (primary N) is 1. The van der Waals surface area contributed by atoms with Gasteiger partial charge in [-0.1, -0.05) is 13.0 Å². The predicted molar refractivity (Wildman–Crippen MR) is 53.8 cm³/mol. The van der Waals surface area contributed by atoms with Gasteiger partial charge in [0.2, 0.25) is 0 Å². The quantitative estimate of drug-likeness (QED) is 0.550. The van der Waals surface area contributed by atoms with E-state index < -0.39 is 6.03 Å². The number of urea groups is 1. The molecule has 14 heavy (non-hydrogen) atoms. The molecule has 1 rings (SSSR count). The summed E-state index contributed by atoms with van der Waals surface area (Å²) in [6, 6.07) is 3.02. The Morgan fingerprint density at radius 3 is 3.00 bits per heavy atom. The molecule has 5 nitrogen and oxygen atoms in total. The largest absolute Gasteiger partial charge is 0.350 e. The van der Waals surface area contributed by atoms with Gasteiger partial charge in [-0.05, 0) is 12.5 Å². The van der Waals surface area contributed by atoms with E-state index in [2.05, 4.69) is 15.5 Å². The zero-order valence-corrected chi connectivity index (χ0v) is 7.90. The second kappa shape index (κ2) is 4.96. The third-order valence-corrected chi connectivity index (χ3v) is 1.63. The summed E-state index contributed by atoms with van der Waals surface area (Å²) in [4.78, 5) is 14.4. The number of pyridine rings is 1. The van der Waals surface area contributed by atoms with E-state index in [-0.39, 0.29) is 0 Å². The molecule has 1 aromatic heterocycles. The molecule has 0 aromatic carbocycles. The lowest BCUT2D eigenvalue weighted by molar-refractivity contribution is 0.249. The number of hydrogen-bond donors (Lipinski definition) is 2. The van der Waals surface area contributed by atoms with Crippen molar-refractivity contribution < 1.29 is 4.79 Å². The number of aromatic nitrogens is 1. The van der Waals surface area contributed by atoms with Gasteiger partial charge in [0.15, 0.2) is 0 Å². The van der Waals surface area contributed by atoms with Gasteiger partial charge < -0.3 is 5.73 Å². The zero-order chi connectivity index (χ0) is 10.4. The molecule has 0 fully saturated rings. The number of rotatable bonds is 3. The van der Waals surface area contributed by atoms with Crippen molar-refractivity contribution in [2.24, 2.45) is 10.8 Å². The predicted octanol–water partition coefficient (Wildman–Crippen LogP) is 0.864. The van der Waals surface area contributed by atoms with E-state index in [0.29, 0.717) is 6.42 Å². The number of carbonyl (C=O) groups excluding carboxylic acids is 1. The Labute approximate surface area is 82.0 Å². The topological polar surface area (TPSA) is 80.4 Å². The molecule has 74 valence electrons. The van der Waals surface area contributed by atoms with E-state index >= 15 is 0 Å². The maximum atomic E-state index is 10.4. The van der Waals surface area contributed by atoms with Crippen molar-refractivity contribution in [3.05, 3.63) is 30.1 Å². The van der Waals surface area contributed by atoms with Gasteiger partial charge in [-0.3, -0.25) is 4.98 Å². The fraction of sp³-hybridized carbons (Fsp3) is 0.222. The molecule has 0 unspecified atom stereocenters. The second-order valence-corrected chi connectivity index (χ2v) is 2.63. The Balaban J connectivity index is 2.82. The van der Waals surface area contributed by atoms with Crippen LogP contribution in [0.5, 0.6) is 0 Å². The second-order valence-electron chi connectivity index (χ2n) is 2.63. The van der Waals surface area contributed by atoms with Crippen LogP contribution in [0, 0.1) is 0 Å². The van der Waals surface area contributed by atoms with Crippen molar-refractivity contribution >= 4 is 11.7 Å². The van der Waals surface area contributed by atoms with Gasteiger partial charge in [-0.25, -0.2) is 10.2 Å². The Morgan fingerprint density at radius 1 is 1.71 bits per heavy atom.